The van der Waals surface area contributed by atoms with Gasteiger partial charge >= 0.3 is 0 Å². The van der Waals surface area contributed by atoms with Crippen LogP contribution in [0.25, 0.3) is 0 Å². The van der Waals surface area contributed by atoms with Gasteiger partial charge in [0.05, 0.1) is 0 Å². The summed E-state index contributed by atoms with van der Waals surface area (Å²) in [5, 5.41) is 5.10. The third-order valence-electron chi connectivity index (χ3n) is 4.76. The fourth-order valence-corrected chi connectivity index (χ4v) is 4.23. The maximum atomic E-state index is 6.26. The molecule has 2 aliphatic rings. The molecule has 2 saturated carbocycles. The molecule has 3 atom stereocenters. The highest BCUT2D eigenvalue weighted by Gasteiger charge is 2.55. The SMILES string of the molecule is CNC(Cc1cc(Cl)ccc1Cl)C1C2CCCC21. The van der Waals surface area contributed by atoms with Crippen LogP contribution in [0.15, 0.2) is 18.2 Å². The molecule has 2 fully saturated rings. The first-order valence-electron chi connectivity index (χ1n) is 6.82. The van der Waals surface area contributed by atoms with Gasteiger partial charge in [0.1, 0.15) is 0 Å². The van der Waals surface area contributed by atoms with Crippen LogP contribution in [0.4, 0.5) is 0 Å². The quantitative estimate of drug-likeness (QED) is 0.875. The third kappa shape index (κ3) is 2.29. The highest BCUT2D eigenvalue weighted by Crippen LogP contribution is 2.59. The van der Waals surface area contributed by atoms with Crippen LogP contribution in [-0.2, 0) is 6.42 Å². The van der Waals surface area contributed by atoms with Gasteiger partial charge in [-0.15, -0.1) is 0 Å². The zero-order valence-corrected chi connectivity index (χ0v) is 12.1. The minimum atomic E-state index is 0.552. The number of rotatable bonds is 4. The van der Waals surface area contributed by atoms with Gasteiger partial charge in [0.25, 0.3) is 0 Å². The predicted molar refractivity (Wildman–Crippen MR) is 77.3 cm³/mol. The average molecular weight is 284 g/mol. The maximum Gasteiger partial charge on any atom is 0.0439 e. The molecule has 3 heteroatoms. The van der Waals surface area contributed by atoms with E-state index in [1.165, 1.54) is 24.8 Å². The van der Waals surface area contributed by atoms with Crippen molar-refractivity contribution in [3.05, 3.63) is 33.8 Å². The Morgan fingerprint density at radius 3 is 2.67 bits per heavy atom. The molecule has 1 aromatic carbocycles. The molecular weight excluding hydrogens is 265 g/mol. The summed E-state index contributed by atoms with van der Waals surface area (Å²) in [6, 6.07) is 6.32. The van der Waals surface area contributed by atoms with E-state index in [9.17, 15) is 0 Å². The first kappa shape index (κ1) is 12.8. The highest BCUT2D eigenvalue weighted by atomic mass is 35.5. The smallest absolute Gasteiger partial charge is 0.0439 e. The average Bonchev–Trinajstić information content (AvgIpc) is 2.83. The molecule has 0 heterocycles. The van der Waals surface area contributed by atoms with E-state index >= 15 is 0 Å². The van der Waals surface area contributed by atoms with Gasteiger partial charge in [-0.2, -0.15) is 0 Å². The van der Waals surface area contributed by atoms with E-state index < -0.39 is 0 Å². The maximum absolute atomic E-state index is 6.26. The summed E-state index contributed by atoms with van der Waals surface area (Å²) >= 11 is 12.3. The summed E-state index contributed by atoms with van der Waals surface area (Å²) in [7, 11) is 2.07. The summed E-state index contributed by atoms with van der Waals surface area (Å²) in [6.45, 7) is 0. The van der Waals surface area contributed by atoms with Crippen molar-refractivity contribution in [3.63, 3.8) is 0 Å². The fraction of sp³-hybridized carbons (Fsp3) is 0.600. The van der Waals surface area contributed by atoms with Crippen molar-refractivity contribution >= 4 is 23.2 Å². The Balaban J connectivity index is 1.72. The van der Waals surface area contributed by atoms with E-state index in [4.69, 9.17) is 23.2 Å². The predicted octanol–water partition coefficient (Wildman–Crippen LogP) is 4.17. The van der Waals surface area contributed by atoms with Crippen molar-refractivity contribution in [2.24, 2.45) is 17.8 Å². The van der Waals surface area contributed by atoms with Gasteiger partial charge in [-0.3, -0.25) is 0 Å². The van der Waals surface area contributed by atoms with Crippen LogP contribution in [0.3, 0.4) is 0 Å². The lowest BCUT2D eigenvalue weighted by atomic mass is 9.97. The van der Waals surface area contributed by atoms with E-state index in [2.05, 4.69) is 12.4 Å². The summed E-state index contributed by atoms with van der Waals surface area (Å²) in [5.74, 6) is 2.81. The van der Waals surface area contributed by atoms with Gasteiger partial charge < -0.3 is 5.32 Å². The molecule has 0 amide bonds. The zero-order chi connectivity index (χ0) is 12.7. The molecule has 2 aliphatic carbocycles. The fourth-order valence-electron chi connectivity index (χ4n) is 3.84. The van der Waals surface area contributed by atoms with E-state index in [0.29, 0.717) is 6.04 Å². The molecule has 0 aliphatic heterocycles. The molecule has 98 valence electrons. The van der Waals surface area contributed by atoms with Gasteiger partial charge in [0, 0.05) is 16.1 Å². The van der Waals surface area contributed by atoms with Crippen molar-refractivity contribution in [1.82, 2.24) is 5.32 Å². The van der Waals surface area contributed by atoms with Gasteiger partial charge in [-0.05, 0) is 67.8 Å². The zero-order valence-electron chi connectivity index (χ0n) is 10.6. The Bertz CT molecular complexity index is 436. The first-order valence-corrected chi connectivity index (χ1v) is 7.57. The summed E-state index contributed by atoms with van der Waals surface area (Å²) in [5.41, 5.74) is 1.17. The monoisotopic (exact) mass is 283 g/mol. The van der Waals surface area contributed by atoms with Crippen LogP contribution < -0.4 is 5.32 Å². The molecule has 0 saturated heterocycles. The molecular formula is C15H19Cl2N. The number of fused-ring (bicyclic) bond motifs is 1. The molecule has 3 unspecified atom stereocenters. The van der Waals surface area contributed by atoms with Crippen LogP contribution in [0.5, 0.6) is 0 Å². The van der Waals surface area contributed by atoms with Crippen LogP contribution in [0.1, 0.15) is 24.8 Å². The number of likely N-dealkylation sites (N-methyl/N-ethyl adjacent to an activating group) is 1. The number of benzene rings is 1. The van der Waals surface area contributed by atoms with Crippen molar-refractivity contribution < 1.29 is 0 Å². The Morgan fingerprint density at radius 2 is 2.00 bits per heavy atom. The van der Waals surface area contributed by atoms with Gasteiger partial charge in [-0.1, -0.05) is 29.6 Å². The molecule has 0 bridgehead atoms. The lowest BCUT2D eigenvalue weighted by Crippen LogP contribution is -2.31. The second kappa shape index (κ2) is 5.03. The van der Waals surface area contributed by atoms with Crippen molar-refractivity contribution in [2.75, 3.05) is 7.05 Å². The van der Waals surface area contributed by atoms with Crippen LogP contribution in [-0.4, -0.2) is 13.1 Å². The Kier molecular flexibility index (Phi) is 3.57. The number of halogens is 2. The molecule has 0 spiro atoms. The number of hydrogen-bond acceptors (Lipinski definition) is 1. The minimum absolute atomic E-state index is 0.552. The van der Waals surface area contributed by atoms with Gasteiger partial charge in [0.2, 0.25) is 0 Å². The number of nitrogens with one attached hydrogen (secondary N) is 1. The van der Waals surface area contributed by atoms with Gasteiger partial charge in [0.15, 0.2) is 0 Å². The molecule has 1 N–H and O–H groups in total. The van der Waals surface area contributed by atoms with Crippen LogP contribution >= 0.6 is 23.2 Å². The van der Waals surface area contributed by atoms with Crippen LogP contribution in [0.2, 0.25) is 10.0 Å². The second-order valence-corrected chi connectivity index (χ2v) is 6.51. The van der Waals surface area contributed by atoms with Crippen LogP contribution in [0, 0.1) is 17.8 Å². The van der Waals surface area contributed by atoms with Gasteiger partial charge in [-0.25, -0.2) is 0 Å². The third-order valence-corrected chi connectivity index (χ3v) is 5.36. The Hall–Kier alpha value is -0.240. The molecule has 0 aromatic heterocycles. The molecule has 3 rings (SSSR count). The largest absolute Gasteiger partial charge is 0.316 e. The summed E-state index contributed by atoms with van der Waals surface area (Å²) < 4.78 is 0. The molecule has 18 heavy (non-hydrogen) atoms. The molecule has 1 nitrogen and oxygen atoms in total. The van der Waals surface area contributed by atoms with Crippen molar-refractivity contribution in [3.8, 4) is 0 Å². The van der Waals surface area contributed by atoms with Crippen molar-refractivity contribution in [1.29, 1.82) is 0 Å². The summed E-state index contributed by atoms with van der Waals surface area (Å²) in [4.78, 5) is 0. The minimum Gasteiger partial charge on any atom is -0.316 e. The summed E-state index contributed by atoms with van der Waals surface area (Å²) in [6.07, 6.45) is 5.28. The lowest BCUT2D eigenvalue weighted by Gasteiger charge is -2.19. The lowest BCUT2D eigenvalue weighted by molar-refractivity contribution is 0.428. The molecule has 0 radical (unpaired) electrons. The standard InChI is InChI=1S/C15H19Cl2N/c1-18-14(15-11-3-2-4-12(11)15)8-9-7-10(16)5-6-13(9)17/h5-7,11-12,14-15,18H,2-4,8H2,1H3. The molecule has 1 aromatic rings. The van der Waals surface area contributed by atoms with E-state index in [0.717, 1.165) is 34.2 Å². The van der Waals surface area contributed by atoms with Crippen molar-refractivity contribution in [2.45, 2.75) is 31.7 Å². The van der Waals surface area contributed by atoms with E-state index in [-0.39, 0.29) is 0 Å². The second-order valence-electron chi connectivity index (χ2n) is 5.67. The number of hydrogen-bond donors (Lipinski definition) is 1. The highest BCUT2D eigenvalue weighted by molar-refractivity contribution is 6.33. The van der Waals surface area contributed by atoms with E-state index in [1.807, 2.05) is 18.2 Å². The Morgan fingerprint density at radius 1 is 1.28 bits per heavy atom. The first-order chi connectivity index (χ1) is 8.70. The van der Waals surface area contributed by atoms with E-state index in [1.54, 1.807) is 0 Å². The Labute approximate surface area is 119 Å². The topological polar surface area (TPSA) is 12.0 Å². The normalized spacial score (nSPS) is 31.2.